The van der Waals surface area contributed by atoms with Gasteiger partial charge in [-0.05, 0) is 38.1 Å². The van der Waals surface area contributed by atoms with Gasteiger partial charge in [-0.25, -0.2) is 8.78 Å². The Labute approximate surface area is 141 Å². The van der Waals surface area contributed by atoms with E-state index in [4.69, 9.17) is 4.52 Å². The number of hydrogen-bond donors (Lipinski definition) is 1. The van der Waals surface area contributed by atoms with Gasteiger partial charge in [-0.2, -0.15) is 4.98 Å². The van der Waals surface area contributed by atoms with Crippen molar-refractivity contribution in [3.8, 4) is 11.4 Å². The molecule has 1 N–H and O–H groups in total. The van der Waals surface area contributed by atoms with Gasteiger partial charge in [0, 0.05) is 17.3 Å². The van der Waals surface area contributed by atoms with E-state index in [0.29, 0.717) is 5.69 Å². The first-order valence-electron chi connectivity index (χ1n) is 7.46. The quantitative estimate of drug-likeness (QED) is 0.784. The molecule has 2 heterocycles. The average Bonchev–Trinajstić information content (AvgIpc) is 3.05. The Kier molecular flexibility index (Phi) is 4.22. The van der Waals surface area contributed by atoms with Crippen molar-refractivity contribution >= 4 is 0 Å². The SMILES string of the molecule is Cc1cccc(=O)n1CC(C)(O)c1nc(-c2ccc(F)c(F)c2)no1. The van der Waals surface area contributed by atoms with E-state index in [1.807, 2.05) is 0 Å². The summed E-state index contributed by atoms with van der Waals surface area (Å²) in [5.74, 6) is -2.16. The van der Waals surface area contributed by atoms with Crippen molar-refractivity contribution in [2.24, 2.45) is 0 Å². The lowest BCUT2D eigenvalue weighted by atomic mass is 10.1. The Morgan fingerprint density at radius 3 is 2.68 bits per heavy atom. The molecule has 0 bridgehead atoms. The van der Waals surface area contributed by atoms with Gasteiger partial charge in [0.1, 0.15) is 0 Å². The van der Waals surface area contributed by atoms with Crippen LogP contribution in [-0.2, 0) is 12.1 Å². The molecule has 1 atom stereocenters. The molecular weight excluding hydrogens is 332 g/mol. The van der Waals surface area contributed by atoms with E-state index in [1.165, 1.54) is 23.6 Å². The molecule has 0 amide bonds. The highest BCUT2D eigenvalue weighted by atomic mass is 19.2. The predicted molar refractivity (Wildman–Crippen MR) is 84.7 cm³/mol. The van der Waals surface area contributed by atoms with Crippen LogP contribution in [0.4, 0.5) is 8.78 Å². The maximum absolute atomic E-state index is 13.3. The van der Waals surface area contributed by atoms with Gasteiger partial charge in [-0.3, -0.25) is 4.79 Å². The Balaban J connectivity index is 1.92. The fraction of sp³-hybridized carbons (Fsp3) is 0.235. The summed E-state index contributed by atoms with van der Waals surface area (Å²) in [7, 11) is 0. The van der Waals surface area contributed by atoms with E-state index in [-0.39, 0.29) is 29.4 Å². The van der Waals surface area contributed by atoms with Crippen molar-refractivity contribution in [3.05, 3.63) is 70.0 Å². The number of rotatable bonds is 4. The third kappa shape index (κ3) is 3.34. The van der Waals surface area contributed by atoms with Crippen LogP contribution in [0.15, 0.2) is 45.7 Å². The van der Waals surface area contributed by atoms with Gasteiger partial charge in [0.25, 0.3) is 11.4 Å². The van der Waals surface area contributed by atoms with Crippen molar-refractivity contribution in [2.45, 2.75) is 26.0 Å². The highest BCUT2D eigenvalue weighted by molar-refractivity contribution is 5.54. The van der Waals surface area contributed by atoms with E-state index >= 15 is 0 Å². The summed E-state index contributed by atoms with van der Waals surface area (Å²) < 4.78 is 32.8. The normalized spacial score (nSPS) is 13.6. The maximum atomic E-state index is 13.3. The van der Waals surface area contributed by atoms with Gasteiger partial charge in [-0.15, -0.1) is 0 Å². The molecule has 0 aliphatic heterocycles. The summed E-state index contributed by atoms with van der Waals surface area (Å²) in [6.45, 7) is 3.06. The summed E-state index contributed by atoms with van der Waals surface area (Å²) in [6.07, 6.45) is 0. The second kappa shape index (κ2) is 6.21. The molecule has 0 aliphatic rings. The molecule has 2 aromatic heterocycles. The number of pyridine rings is 1. The molecular formula is C17H15F2N3O3. The number of benzene rings is 1. The molecule has 6 nitrogen and oxygen atoms in total. The van der Waals surface area contributed by atoms with Gasteiger partial charge in [0.2, 0.25) is 5.82 Å². The number of halogens is 2. The van der Waals surface area contributed by atoms with Crippen LogP contribution in [0.1, 0.15) is 18.5 Å². The Bertz CT molecular complexity index is 979. The molecule has 3 rings (SSSR count). The molecule has 3 aromatic rings. The minimum atomic E-state index is -1.63. The summed E-state index contributed by atoms with van der Waals surface area (Å²) in [4.78, 5) is 16.0. The van der Waals surface area contributed by atoms with Crippen molar-refractivity contribution < 1.29 is 18.4 Å². The number of aryl methyl sites for hydroxylation is 1. The van der Waals surface area contributed by atoms with E-state index in [0.717, 1.165) is 12.1 Å². The minimum Gasteiger partial charge on any atom is -0.378 e. The van der Waals surface area contributed by atoms with Crippen molar-refractivity contribution in [1.82, 2.24) is 14.7 Å². The first kappa shape index (κ1) is 17.0. The predicted octanol–water partition coefficient (Wildman–Crippen LogP) is 2.39. The monoisotopic (exact) mass is 347 g/mol. The van der Waals surface area contributed by atoms with Crippen LogP contribution < -0.4 is 5.56 Å². The Morgan fingerprint density at radius 1 is 1.24 bits per heavy atom. The molecule has 25 heavy (non-hydrogen) atoms. The zero-order valence-electron chi connectivity index (χ0n) is 13.5. The molecule has 8 heteroatoms. The molecule has 0 saturated heterocycles. The average molecular weight is 347 g/mol. The van der Waals surface area contributed by atoms with Crippen molar-refractivity contribution in [2.75, 3.05) is 0 Å². The van der Waals surface area contributed by atoms with Crippen LogP contribution in [0, 0.1) is 18.6 Å². The summed E-state index contributed by atoms with van der Waals surface area (Å²) >= 11 is 0. The number of aromatic nitrogens is 3. The molecule has 0 spiro atoms. The fourth-order valence-electron chi connectivity index (χ4n) is 2.40. The van der Waals surface area contributed by atoms with Gasteiger partial charge in [0.15, 0.2) is 17.2 Å². The highest BCUT2D eigenvalue weighted by Crippen LogP contribution is 2.25. The summed E-state index contributed by atoms with van der Waals surface area (Å²) in [5.41, 5.74) is -1.04. The van der Waals surface area contributed by atoms with Crippen LogP contribution in [0.25, 0.3) is 11.4 Å². The van der Waals surface area contributed by atoms with Crippen LogP contribution in [-0.4, -0.2) is 19.8 Å². The molecule has 1 aromatic carbocycles. The lowest BCUT2D eigenvalue weighted by Gasteiger charge is -2.21. The first-order valence-corrected chi connectivity index (χ1v) is 7.46. The largest absolute Gasteiger partial charge is 0.378 e. The van der Waals surface area contributed by atoms with E-state index in [1.54, 1.807) is 19.1 Å². The fourth-order valence-corrected chi connectivity index (χ4v) is 2.40. The van der Waals surface area contributed by atoms with E-state index in [9.17, 15) is 18.7 Å². The topological polar surface area (TPSA) is 81.2 Å². The first-order chi connectivity index (χ1) is 11.8. The second-order valence-electron chi connectivity index (χ2n) is 5.92. The number of nitrogens with zero attached hydrogens (tertiary/aromatic N) is 3. The number of aliphatic hydroxyl groups is 1. The lowest BCUT2D eigenvalue weighted by Crippen LogP contribution is -2.34. The molecule has 130 valence electrons. The lowest BCUT2D eigenvalue weighted by molar-refractivity contribution is 0.00479. The minimum absolute atomic E-state index is 0.00584. The molecule has 0 saturated carbocycles. The van der Waals surface area contributed by atoms with Crippen LogP contribution >= 0.6 is 0 Å². The van der Waals surface area contributed by atoms with Crippen molar-refractivity contribution in [3.63, 3.8) is 0 Å². The van der Waals surface area contributed by atoms with E-state index < -0.39 is 17.2 Å². The molecule has 0 fully saturated rings. The third-order valence-electron chi connectivity index (χ3n) is 3.80. The van der Waals surface area contributed by atoms with E-state index in [2.05, 4.69) is 10.1 Å². The zero-order chi connectivity index (χ0) is 18.2. The smallest absolute Gasteiger partial charge is 0.260 e. The van der Waals surface area contributed by atoms with Crippen LogP contribution in [0.5, 0.6) is 0 Å². The molecule has 0 aliphatic carbocycles. The Morgan fingerprint density at radius 2 is 2.00 bits per heavy atom. The van der Waals surface area contributed by atoms with Gasteiger partial charge < -0.3 is 14.2 Å². The third-order valence-corrected chi connectivity index (χ3v) is 3.80. The van der Waals surface area contributed by atoms with Gasteiger partial charge in [-0.1, -0.05) is 11.2 Å². The van der Waals surface area contributed by atoms with Gasteiger partial charge >= 0.3 is 0 Å². The van der Waals surface area contributed by atoms with Crippen molar-refractivity contribution in [1.29, 1.82) is 0 Å². The highest BCUT2D eigenvalue weighted by Gasteiger charge is 2.32. The Hall–Kier alpha value is -2.87. The summed E-state index contributed by atoms with van der Waals surface area (Å²) in [6, 6.07) is 7.92. The zero-order valence-corrected chi connectivity index (χ0v) is 13.5. The van der Waals surface area contributed by atoms with Crippen LogP contribution in [0.3, 0.4) is 0 Å². The molecule has 1 unspecified atom stereocenters. The van der Waals surface area contributed by atoms with Crippen LogP contribution in [0.2, 0.25) is 0 Å². The van der Waals surface area contributed by atoms with Gasteiger partial charge in [0.05, 0.1) is 6.54 Å². The standard InChI is InChI=1S/C17H15F2N3O3/c1-10-4-3-5-14(23)22(10)9-17(2,24)16-20-15(21-25-16)11-6-7-12(18)13(19)8-11/h3-8,24H,9H2,1-2H3. The molecule has 0 radical (unpaired) electrons. The summed E-state index contributed by atoms with van der Waals surface area (Å²) in [5, 5.41) is 14.3. The second-order valence-corrected chi connectivity index (χ2v) is 5.92. The maximum Gasteiger partial charge on any atom is 0.260 e. The number of hydrogen-bond acceptors (Lipinski definition) is 5.